The molecule has 0 saturated carbocycles. The van der Waals surface area contributed by atoms with Crippen LogP contribution in [0, 0.1) is 10.1 Å². The van der Waals surface area contributed by atoms with Crippen LogP contribution in [0.2, 0.25) is 5.02 Å². The Hall–Kier alpha value is -1.62. The van der Waals surface area contributed by atoms with Gasteiger partial charge in [-0.05, 0) is 13.0 Å². The number of hydrogen-bond acceptors (Lipinski definition) is 4. The Labute approximate surface area is 90.8 Å². The first-order valence-electron chi connectivity index (χ1n) is 4.00. The van der Waals surface area contributed by atoms with E-state index in [1.165, 1.54) is 20.1 Å². The van der Waals surface area contributed by atoms with Gasteiger partial charge in [0.2, 0.25) is 0 Å². The van der Waals surface area contributed by atoms with E-state index in [4.69, 9.17) is 16.3 Å². The first-order valence-corrected chi connectivity index (χ1v) is 4.38. The van der Waals surface area contributed by atoms with E-state index in [1.54, 1.807) is 0 Å². The predicted molar refractivity (Wildman–Crippen MR) is 54.7 cm³/mol. The van der Waals surface area contributed by atoms with Gasteiger partial charge in [0.05, 0.1) is 17.1 Å². The van der Waals surface area contributed by atoms with Gasteiger partial charge < -0.3 is 4.74 Å². The lowest BCUT2D eigenvalue weighted by Gasteiger charge is -2.05. The number of benzene rings is 1. The molecule has 6 heteroatoms. The molecule has 1 aromatic carbocycles. The standard InChI is InChI=1S/C9H8ClNO4/c1-5(12)6-3-9(15-2)8(11(13)14)4-7(6)10/h3-4H,1-2H3. The van der Waals surface area contributed by atoms with E-state index < -0.39 is 4.92 Å². The van der Waals surface area contributed by atoms with E-state index >= 15 is 0 Å². The van der Waals surface area contributed by atoms with Crippen LogP contribution in [-0.4, -0.2) is 17.8 Å². The molecule has 0 amide bonds. The second-order valence-corrected chi connectivity index (χ2v) is 3.22. The van der Waals surface area contributed by atoms with Crippen molar-refractivity contribution in [3.63, 3.8) is 0 Å². The third kappa shape index (κ3) is 2.24. The topological polar surface area (TPSA) is 69.4 Å². The molecule has 5 nitrogen and oxygen atoms in total. The van der Waals surface area contributed by atoms with Crippen LogP contribution >= 0.6 is 11.6 Å². The van der Waals surface area contributed by atoms with Gasteiger partial charge in [-0.1, -0.05) is 11.6 Å². The van der Waals surface area contributed by atoms with E-state index in [-0.39, 0.29) is 27.8 Å². The van der Waals surface area contributed by atoms with Crippen molar-refractivity contribution in [2.75, 3.05) is 7.11 Å². The molecule has 0 fully saturated rings. The zero-order valence-electron chi connectivity index (χ0n) is 8.11. The smallest absolute Gasteiger partial charge is 0.312 e. The Bertz CT molecular complexity index is 430. The molecular weight excluding hydrogens is 222 g/mol. The average Bonchev–Trinajstić information content (AvgIpc) is 2.16. The Balaban J connectivity index is 3.42. The van der Waals surface area contributed by atoms with Crippen LogP contribution in [0.15, 0.2) is 12.1 Å². The highest BCUT2D eigenvalue weighted by Gasteiger charge is 2.19. The Kier molecular flexibility index (Phi) is 3.26. The summed E-state index contributed by atoms with van der Waals surface area (Å²) in [5.41, 5.74) is -0.0494. The summed E-state index contributed by atoms with van der Waals surface area (Å²) < 4.78 is 4.80. The number of rotatable bonds is 3. The summed E-state index contributed by atoms with van der Waals surface area (Å²) in [7, 11) is 1.29. The van der Waals surface area contributed by atoms with Crippen molar-refractivity contribution in [3.05, 3.63) is 32.8 Å². The molecule has 0 radical (unpaired) electrons. The minimum atomic E-state index is -0.616. The number of hydrogen-bond donors (Lipinski definition) is 0. The fraction of sp³-hybridized carbons (Fsp3) is 0.222. The molecule has 0 N–H and O–H groups in total. The quantitative estimate of drug-likeness (QED) is 0.454. The van der Waals surface area contributed by atoms with Crippen molar-refractivity contribution < 1.29 is 14.5 Å². The summed E-state index contributed by atoms with van der Waals surface area (Å²) in [5, 5.41) is 10.6. The number of Topliss-reactive ketones (excluding diaryl/α,β-unsaturated/α-hetero) is 1. The number of methoxy groups -OCH3 is 1. The van der Waals surface area contributed by atoms with Crippen LogP contribution in [0.25, 0.3) is 0 Å². The van der Waals surface area contributed by atoms with Crippen molar-refractivity contribution in [1.29, 1.82) is 0 Å². The first kappa shape index (κ1) is 11.5. The second-order valence-electron chi connectivity index (χ2n) is 2.82. The summed E-state index contributed by atoms with van der Waals surface area (Å²) in [4.78, 5) is 21.1. The van der Waals surface area contributed by atoms with Gasteiger partial charge in [-0.25, -0.2) is 0 Å². The van der Waals surface area contributed by atoms with Crippen LogP contribution in [0.5, 0.6) is 5.75 Å². The third-order valence-electron chi connectivity index (χ3n) is 1.84. The number of ketones is 1. The van der Waals surface area contributed by atoms with Crippen LogP contribution in [0.1, 0.15) is 17.3 Å². The fourth-order valence-corrected chi connectivity index (χ4v) is 1.41. The van der Waals surface area contributed by atoms with E-state index in [0.29, 0.717) is 0 Å². The highest BCUT2D eigenvalue weighted by molar-refractivity contribution is 6.34. The van der Waals surface area contributed by atoms with Gasteiger partial charge in [0, 0.05) is 11.6 Å². The van der Waals surface area contributed by atoms with Gasteiger partial charge in [0.25, 0.3) is 0 Å². The highest BCUT2D eigenvalue weighted by Crippen LogP contribution is 2.32. The van der Waals surface area contributed by atoms with Gasteiger partial charge in [-0.15, -0.1) is 0 Å². The molecule has 0 bridgehead atoms. The number of ether oxygens (including phenoxy) is 1. The molecule has 0 heterocycles. The lowest BCUT2D eigenvalue weighted by atomic mass is 10.1. The van der Waals surface area contributed by atoms with Crippen LogP contribution < -0.4 is 4.74 Å². The van der Waals surface area contributed by atoms with Crippen LogP contribution in [0.4, 0.5) is 5.69 Å². The van der Waals surface area contributed by atoms with Gasteiger partial charge >= 0.3 is 5.69 Å². The Morgan fingerprint density at radius 1 is 1.53 bits per heavy atom. The van der Waals surface area contributed by atoms with Gasteiger partial charge in [0.1, 0.15) is 0 Å². The molecule has 0 aliphatic heterocycles. The number of carbonyl (C=O) groups is 1. The zero-order valence-corrected chi connectivity index (χ0v) is 8.87. The summed E-state index contributed by atoms with van der Waals surface area (Å²) in [6.07, 6.45) is 0. The first-order chi connectivity index (χ1) is 6.97. The van der Waals surface area contributed by atoms with Crippen molar-refractivity contribution in [3.8, 4) is 5.75 Å². The van der Waals surface area contributed by atoms with Crippen molar-refractivity contribution in [1.82, 2.24) is 0 Å². The number of nitro benzene ring substituents is 1. The minimum Gasteiger partial charge on any atom is -0.490 e. The van der Waals surface area contributed by atoms with Crippen molar-refractivity contribution in [2.45, 2.75) is 6.92 Å². The van der Waals surface area contributed by atoms with Gasteiger partial charge in [0.15, 0.2) is 11.5 Å². The summed E-state index contributed by atoms with van der Waals surface area (Å²) >= 11 is 5.72. The molecule has 0 aromatic heterocycles. The molecule has 15 heavy (non-hydrogen) atoms. The molecule has 0 spiro atoms. The molecule has 1 aromatic rings. The maximum absolute atomic E-state index is 11.1. The Morgan fingerprint density at radius 3 is 2.53 bits per heavy atom. The number of nitrogens with zero attached hydrogens (tertiary/aromatic N) is 1. The largest absolute Gasteiger partial charge is 0.490 e. The maximum atomic E-state index is 11.1. The van der Waals surface area contributed by atoms with Crippen LogP contribution in [0.3, 0.4) is 0 Å². The van der Waals surface area contributed by atoms with Gasteiger partial charge in [-0.3, -0.25) is 14.9 Å². The second kappa shape index (κ2) is 4.27. The normalized spacial score (nSPS) is 9.80. The predicted octanol–water partition coefficient (Wildman–Crippen LogP) is 2.46. The zero-order chi connectivity index (χ0) is 11.6. The van der Waals surface area contributed by atoms with Gasteiger partial charge in [-0.2, -0.15) is 0 Å². The maximum Gasteiger partial charge on any atom is 0.312 e. The molecule has 0 aliphatic rings. The summed E-state index contributed by atoms with van der Waals surface area (Å²) in [5.74, 6) is -0.247. The molecular formula is C9H8ClNO4. The summed E-state index contributed by atoms with van der Waals surface area (Å²) in [6, 6.07) is 2.37. The van der Waals surface area contributed by atoms with Crippen molar-refractivity contribution >= 4 is 23.1 Å². The average molecular weight is 230 g/mol. The monoisotopic (exact) mass is 229 g/mol. The lowest BCUT2D eigenvalue weighted by Crippen LogP contribution is -1.99. The third-order valence-corrected chi connectivity index (χ3v) is 2.16. The fourth-order valence-electron chi connectivity index (χ4n) is 1.12. The van der Waals surface area contributed by atoms with E-state index in [1.807, 2.05) is 0 Å². The SMILES string of the molecule is COc1cc(C(C)=O)c(Cl)cc1[N+](=O)[O-]. The van der Waals surface area contributed by atoms with Crippen molar-refractivity contribution in [2.24, 2.45) is 0 Å². The minimum absolute atomic E-state index is 0.0228. The highest BCUT2D eigenvalue weighted by atomic mass is 35.5. The van der Waals surface area contributed by atoms with Crippen LogP contribution in [-0.2, 0) is 0 Å². The van der Waals surface area contributed by atoms with E-state index in [9.17, 15) is 14.9 Å². The molecule has 80 valence electrons. The number of carbonyl (C=O) groups excluding carboxylic acids is 1. The molecule has 0 unspecified atom stereocenters. The molecule has 0 saturated heterocycles. The number of halogens is 1. The number of nitro groups is 1. The Morgan fingerprint density at radius 2 is 2.13 bits per heavy atom. The van der Waals surface area contributed by atoms with E-state index in [0.717, 1.165) is 6.07 Å². The molecule has 0 atom stereocenters. The molecule has 1 rings (SSSR count). The lowest BCUT2D eigenvalue weighted by molar-refractivity contribution is -0.385. The van der Waals surface area contributed by atoms with E-state index in [2.05, 4.69) is 0 Å². The summed E-state index contributed by atoms with van der Waals surface area (Å²) in [6.45, 7) is 1.33. The molecule has 0 aliphatic carbocycles.